The first kappa shape index (κ1) is 18.9. The van der Waals surface area contributed by atoms with E-state index in [1.165, 1.54) is 6.07 Å². The Morgan fingerprint density at radius 1 is 1.30 bits per heavy atom. The fourth-order valence-electron chi connectivity index (χ4n) is 3.39. The third-order valence-electron chi connectivity index (χ3n) is 4.76. The van der Waals surface area contributed by atoms with E-state index in [1.807, 2.05) is 18.2 Å². The summed E-state index contributed by atoms with van der Waals surface area (Å²) in [4.78, 5) is 14.6. The van der Waals surface area contributed by atoms with Crippen molar-refractivity contribution in [2.75, 3.05) is 18.1 Å². The molecule has 0 unspecified atom stereocenters. The highest BCUT2D eigenvalue weighted by atomic mass is 32.2. The molecule has 6 nitrogen and oxygen atoms in total. The van der Waals surface area contributed by atoms with Gasteiger partial charge in [-0.2, -0.15) is 5.26 Å². The molecule has 0 aliphatic carbocycles. The summed E-state index contributed by atoms with van der Waals surface area (Å²) in [5.41, 5.74) is 4.32. The first-order valence-electron chi connectivity index (χ1n) is 8.63. The van der Waals surface area contributed by atoms with Crippen molar-refractivity contribution in [1.29, 1.82) is 5.26 Å². The maximum Gasteiger partial charge on any atom is 0.322 e. The molecule has 1 heterocycles. The molecule has 1 aliphatic heterocycles. The fourth-order valence-corrected chi connectivity index (χ4v) is 4.39. The molecule has 1 aliphatic rings. The van der Waals surface area contributed by atoms with E-state index in [2.05, 4.69) is 11.4 Å². The highest BCUT2D eigenvalue weighted by molar-refractivity contribution is 7.90. The number of urea groups is 1. The highest BCUT2D eigenvalue weighted by Crippen LogP contribution is 2.24. The van der Waals surface area contributed by atoms with Gasteiger partial charge in [-0.25, -0.2) is 13.2 Å². The summed E-state index contributed by atoms with van der Waals surface area (Å²) in [5, 5.41) is 11.7. The largest absolute Gasteiger partial charge is 0.322 e. The fraction of sp³-hybridized carbons (Fsp3) is 0.300. The molecule has 1 N–H and O–H groups in total. The third kappa shape index (κ3) is 4.12. The summed E-state index contributed by atoms with van der Waals surface area (Å²) in [7, 11) is -3.36. The number of carbonyl (C=O) groups is 1. The van der Waals surface area contributed by atoms with E-state index >= 15 is 0 Å². The molecule has 7 heteroatoms. The summed E-state index contributed by atoms with van der Waals surface area (Å²) in [6.45, 7) is 2.74. The van der Waals surface area contributed by atoms with Crippen molar-refractivity contribution in [3.63, 3.8) is 0 Å². The molecule has 2 amide bonds. The smallest absolute Gasteiger partial charge is 0.320 e. The molecule has 0 saturated heterocycles. The van der Waals surface area contributed by atoms with Crippen LogP contribution in [0.2, 0.25) is 0 Å². The number of nitrogens with one attached hydrogen (secondary N) is 1. The second-order valence-corrected chi connectivity index (χ2v) is 8.73. The zero-order valence-corrected chi connectivity index (χ0v) is 16.1. The van der Waals surface area contributed by atoms with E-state index in [-0.39, 0.29) is 10.9 Å². The number of fused-ring (bicyclic) bond motifs is 1. The van der Waals surface area contributed by atoms with Crippen molar-refractivity contribution in [3.05, 3.63) is 58.7 Å². The number of nitrogens with zero attached hydrogens (tertiary/aromatic N) is 2. The number of rotatable bonds is 3. The Hall–Kier alpha value is -2.85. The van der Waals surface area contributed by atoms with Crippen LogP contribution in [0.4, 0.5) is 10.5 Å². The average Bonchev–Trinajstić information content (AvgIpc) is 2.62. The van der Waals surface area contributed by atoms with E-state index in [4.69, 9.17) is 5.26 Å². The van der Waals surface area contributed by atoms with Gasteiger partial charge in [0.15, 0.2) is 9.84 Å². The number of nitriles is 1. The van der Waals surface area contributed by atoms with Crippen LogP contribution in [0.25, 0.3) is 0 Å². The normalized spacial score (nSPS) is 13.6. The first-order chi connectivity index (χ1) is 12.8. The molecule has 0 bridgehead atoms. The van der Waals surface area contributed by atoms with E-state index in [1.54, 1.807) is 24.0 Å². The van der Waals surface area contributed by atoms with Crippen molar-refractivity contribution in [3.8, 4) is 6.07 Å². The van der Waals surface area contributed by atoms with Gasteiger partial charge in [-0.3, -0.25) is 0 Å². The number of hydrogen-bond donors (Lipinski definition) is 1. The minimum absolute atomic E-state index is 0.213. The van der Waals surface area contributed by atoms with Crippen LogP contribution in [0.5, 0.6) is 0 Å². The molecule has 140 valence electrons. The standard InChI is InChI=1S/C20H21N3O3S/c1-14-6-7-17(12-19(14)27(2,25)26)22-20(24)23-11-9-18-15(8-10-21)4-3-5-16(18)13-23/h3-7,12H,8-9,11,13H2,1-2H3,(H,22,24). The summed E-state index contributed by atoms with van der Waals surface area (Å²) in [6, 6.07) is 12.6. The van der Waals surface area contributed by atoms with Crippen LogP contribution in [0, 0.1) is 18.3 Å². The number of anilines is 1. The zero-order valence-electron chi connectivity index (χ0n) is 15.3. The molecule has 27 heavy (non-hydrogen) atoms. The van der Waals surface area contributed by atoms with Crippen LogP contribution in [0.15, 0.2) is 41.3 Å². The van der Waals surface area contributed by atoms with E-state index in [0.29, 0.717) is 37.2 Å². The predicted molar refractivity (Wildman–Crippen MR) is 103 cm³/mol. The minimum Gasteiger partial charge on any atom is -0.320 e. The topological polar surface area (TPSA) is 90.3 Å². The molecule has 2 aromatic carbocycles. The van der Waals surface area contributed by atoms with Gasteiger partial charge in [-0.1, -0.05) is 24.3 Å². The minimum atomic E-state index is -3.36. The summed E-state index contributed by atoms with van der Waals surface area (Å²) >= 11 is 0. The summed E-state index contributed by atoms with van der Waals surface area (Å²) in [5.74, 6) is 0. The van der Waals surface area contributed by atoms with Crippen LogP contribution < -0.4 is 5.32 Å². The van der Waals surface area contributed by atoms with E-state index in [0.717, 1.165) is 22.9 Å². The quantitative estimate of drug-likeness (QED) is 0.882. The molecular weight excluding hydrogens is 362 g/mol. The Labute approximate surface area is 159 Å². The number of aryl methyl sites for hydroxylation is 1. The van der Waals surface area contributed by atoms with Crippen LogP contribution in [-0.4, -0.2) is 32.1 Å². The van der Waals surface area contributed by atoms with Crippen LogP contribution >= 0.6 is 0 Å². The molecular formula is C20H21N3O3S. The maximum absolute atomic E-state index is 12.6. The van der Waals surface area contributed by atoms with E-state index < -0.39 is 9.84 Å². The second kappa shape index (κ2) is 7.41. The predicted octanol–water partition coefficient (Wildman–Crippen LogP) is 3.05. The second-order valence-electron chi connectivity index (χ2n) is 6.74. The van der Waals surface area contributed by atoms with Crippen molar-refractivity contribution >= 4 is 21.6 Å². The van der Waals surface area contributed by atoms with Gasteiger partial charge in [0, 0.05) is 25.0 Å². The summed E-state index contributed by atoms with van der Waals surface area (Å²) < 4.78 is 23.7. The number of sulfone groups is 1. The number of hydrogen-bond acceptors (Lipinski definition) is 4. The third-order valence-corrected chi connectivity index (χ3v) is 6.00. The van der Waals surface area contributed by atoms with Gasteiger partial charge >= 0.3 is 6.03 Å². The number of benzene rings is 2. The molecule has 2 aromatic rings. The van der Waals surface area contributed by atoms with Gasteiger partial charge in [-0.05, 0) is 47.7 Å². The Morgan fingerprint density at radius 3 is 2.78 bits per heavy atom. The Kier molecular flexibility index (Phi) is 5.19. The van der Waals surface area contributed by atoms with Crippen molar-refractivity contribution in [2.24, 2.45) is 0 Å². The molecule has 0 spiro atoms. The van der Waals surface area contributed by atoms with Crippen molar-refractivity contribution in [1.82, 2.24) is 4.90 Å². The first-order valence-corrected chi connectivity index (χ1v) is 10.5. The van der Waals surface area contributed by atoms with Gasteiger partial charge in [0.25, 0.3) is 0 Å². The van der Waals surface area contributed by atoms with Gasteiger partial charge < -0.3 is 10.2 Å². The molecule has 0 aromatic heterocycles. The van der Waals surface area contributed by atoms with Gasteiger partial charge in [0.05, 0.1) is 17.4 Å². The molecule has 3 rings (SSSR count). The molecule has 0 fully saturated rings. The van der Waals surface area contributed by atoms with Crippen molar-refractivity contribution in [2.45, 2.75) is 31.2 Å². The lowest BCUT2D eigenvalue weighted by atomic mass is 9.93. The monoisotopic (exact) mass is 383 g/mol. The van der Waals surface area contributed by atoms with E-state index in [9.17, 15) is 13.2 Å². The molecule has 0 atom stereocenters. The maximum atomic E-state index is 12.6. The lowest BCUT2D eigenvalue weighted by Gasteiger charge is -2.30. The number of carbonyl (C=O) groups excluding carboxylic acids is 1. The summed E-state index contributed by atoms with van der Waals surface area (Å²) in [6.07, 6.45) is 2.22. The average molecular weight is 383 g/mol. The Balaban J connectivity index is 1.77. The highest BCUT2D eigenvalue weighted by Gasteiger charge is 2.23. The zero-order chi connectivity index (χ0) is 19.6. The lowest BCUT2D eigenvalue weighted by Crippen LogP contribution is -2.39. The lowest BCUT2D eigenvalue weighted by molar-refractivity contribution is 0.206. The van der Waals surface area contributed by atoms with Crippen LogP contribution in [-0.2, 0) is 29.2 Å². The van der Waals surface area contributed by atoms with Crippen LogP contribution in [0.1, 0.15) is 22.3 Å². The molecule has 0 saturated carbocycles. The Bertz CT molecular complexity index is 1040. The number of amides is 2. The van der Waals surface area contributed by atoms with Gasteiger partial charge in [0.1, 0.15) is 0 Å². The van der Waals surface area contributed by atoms with Gasteiger partial charge in [-0.15, -0.1) is 0 Å². The molecule has 0 radical (unpaired) electrons. The Morgan fingerprint density at radius 2 is 2.07 bits per heavy atom. The SMILES string of the molecule is Cc1ccc(NC(=O)N2CCc3c(CC#N)cccc3C2)cc1S(C)(=O)=O. The van der Waals surface area contributed by atoms with Gasteiger partial charge in [0.2, 0.25) is 0 Å². The van der Waals surface area contributed by atoms with Crippen LogP contribution in [0.3, 0.4) is 0 Å². The van der Waals surface area contributed by atoms with Crippen molar-refractivity contribution < 1.29 is 13.2 Å².